The second-order valence-corrected chi connectivity index (χ2v) is 5.63. The van der Waals surface area contributed by atoms with Gasteiger partial charge in [0, 0.05) is 7.05 Å². The third kappa shape index (κ3) is 2.42. The number of hydrogen-bond donors (Lipinski definition) is 0. The Balaban J connectivity index is 1.91. The molecule has 3 nitrogen and oxygen atoms in total. The van der Waals surface area contributed by atoms with Crippen molar-refractivity contribution in [2.75, 3.05) is 0 Å². The van der Waals surface area contributed by atoms with Crippen LogP contribution in [0.25, 0.3) is 0 Å². The molecule has 0 aliphatic heterocycles. The molecule has 4 heteroatoms. The van der Waals surface area contributed by atoms with Crippen molar-refractivity contribution in [1.29, 1.82) is 0 Å². The van der Waals surface area contributed by atoms with Gasteiger partial charge in [0.2, 0.25) is 5.88 Å². The lowest BCUT2D eigenvalue weighted by Crippen LogP contribution is -2.03. The Hall–Kier alpha value is -1.48. The molecule has 20 heavy (non-hydrogen) atoms. The predicted molar refractivity (Wildman–Crippen MR) is 80.7 cm³/mol. The van der Waals surface area contributed by atoms with E-state index in [0.717, 1.165) is 29.3 Å². The van der Waals surface area contributed by atoms with Gasteiger partial charge >= 0.3 is 0 Å². The maximum atomic E-state index is 6.03. The van der Waals surface area contributed by atoms with Gasteiger partial charge in [0.05, 0.1) is 17.1 Å². The van der Waals surface area contributed by atoms with E-state index in [4.69, 9.17) is 16.3 Å². The van der Waals surface area contributed by atoms with Gasteiger partial charge in [-0.2, -0.15) is 5.10 Å². The fraction of sp³-hybridized carbons (Fsp3) is 0.438. The Kier molecular flexibility index (Phi) is 3.70. The van der Waals surface area contributed by atoms with Crippen molar-refractivity contribution in [3.63, 3.8) is 0 Å². The Bertz CT molecular complexity index is 634. The van der Waals surface area contributed by atoms with E-state index in [1.54, 1.807) is 4.68 Å². The summed E-state index contributed by atoms with van der Waals surface area (Å²) in [7, 11) is 1.89. The first-order valence-corrected chi connectivity index (χ1v) is 7.60. The normalized spacial score (nSPS) is 14.2. The predicted octanol–water partition coefficient (Wildman–Crippen LogP) is 4.14. The summed E-state index contributed by atoms with van der Waals surface area (Å²) in [6, 6.07) is 6.40. The monoisotopic (exact) mass is 290 g/mol. The first-order chi connectivity index (χ1) is 9.69. The molecule has 0 N–H and O–H groups in total. The molecular weight excluding hydrogens is 272 g/mol. The van der Waals surface area contributed by atoms with E-state index in [2.05, 4.69) is 17.2 Å². The SMILES string of the molecule is Cc1nn(C)c(Oc2ccc3c(c2)CCCC3)c1CCl. The Morgan fingerprint density at radius 1 is 1.25 bits per heavy atom. The van der Waals surface area contributed by atoms with Gasteiger partial charge in [-0.25, -0.2) is 4.68 Å². The maximum Gasteiger partial charge on any atom is 0.222 e. The molecule has 0 fully saturated rings. The molecule has 106 valence electrons. The summed E-state index contributed by atoms with van der Waals surface area (Å²) < 4.78 is 7.79. The van der Waals surface area contributed by atoms with Crippen LogP contribution in [0, 0.1) is 6.92 Å². The van der Waals surface area contributed by atoms with Crippen LogP contribution >= 0.6 is 11.6 Å². The maximum absolute atomic E-state index is 6.03. The minimum atomic E-state index is 0.417. The summed E-state index contributed by atoms with van der Waals surface area (Å²) in [5.41, 5.74) is 4.77. The number of benzene rings is 1. The average Bonchev–Trinajstić information content (AvgIpc) is 2.72. The van der Waals surface area contributed by atoms with Crippen LogP contribution in [0.4, 0.5) is 0 Å². The first-order valence-electron chi connectivity index (χ1n) is 7.07. The fourth-order valence-corrected chi connectivity index (χ4v) is 3.15. The third-order valence-corrected chi connectivity index (χ3v) is 4.22. The Labute approximate surface area is 124 Å². The third-order valence-electron chi connectivity index (χ3n) is 3.96. The van der Waals surface area contributed by atoms with Crippen LogP contribution in [0.2, 0.25) is 0 Å². The highest BCUT2D eigenvalue weighted by Gasteiger charge is 2.16. The summed E-state index contributed by atoms with van der Waals surface area (Å²) in [4.78, 5) is 0. The number of rotatable bonds is 3. The highest BCUT2D eigenvalue weighted by Crippen LogP contribution is 2.31. The van der Waals surface area contributed by atoms with E-state index >= 15 is 0 Å². The minimum Gasteiger partial charge on any atom is -0.439 e. The van der Waals surface area contributed by atoms with Gasteiger partial charge in [-0.1, -0.05) is 6.07 Å². The largest absolute Gasteiger partial charge is 0.439 e. The lowest BCUT2D eigenvalue weighted by molar-refractivity contribution is 0.426. The van der Waals surface area contributed by atoms with Gasteiger partial charge in [0.1, 0.15) is 5.75 Å². The average molecular weight is 291 g/mol. The molecule has 1 heterocycles. The van der Waals surface area contributed by atoms with Gasteiger partial charge in [-0.05, 0) is 55.9 Å². The van der Waals surface area contributed by atoms with E-state index in [-0.39, 0.29) is 0 Å². The summed E-state index contributed by atoms with van der Waals surface area (Å²) in [6.45, 7) is 1.96. The van der Waals surface area contributed by atoms with Crippen molar-refractivity contribution in [2.45, 2.75) is 38.5 Å². The standard InChI is InChI=1S/C16H19ClN2O/c1-11-15(10-17)16(19(2)18-11)20-14-8-7-12-5-3-4-6-13(12)9-14/h7-9H,3-6,10H2,1-2H3. The van der Waals surface area contributed by atoms with Crippen LogP contribution in [0.1, 0.15) is 35.2 Å². The molecule has 1 aromatic heterocycles. The fourth-order valence-electron chi connectivity index (χ4n) is 2.85. The summed E-state index contributed by atoms with van der Waals surface area (Å²) >= 11 is 6.00. The number of aryl methyl sites for hydroxylation is 4. The van der Waals surface area contributed by atoms with Crippen LogP contribution in [-0.4, -0.2) is 9.78 Å². The van der Waals surface area contributed by atoms with Crippen molar-refractivity contribution in [3.8, 4) is 11.6 Å². The van der Waals surface area contributed by atoms with E-state index in [0.29, 0.717) is 5.88 Å². The van der Waals surface area contributed by atoms with Gasteiger partial charge in [0.15, 0.2) is 0 Å². The number of alkyl halides is 1. The highest BCUT2D eigenvalue weighted by atomic mass is 35.5. The summed E-state index contributed by atoms with van der Waals surface area (Å²) in [5.74, 6) is 2.04. The smallest absolute Gasteiger partial charge is 0.222 e. The Morgan fingerprint density at radius 3 is 2.75 bits per heavy atom. The van der Waals surface area contributed by atoms with Crippen molar-refractivity contribution in [1.82, 2.24) is 9.78 Å². The van der Waals surface area contributed by atoms with Crippen molar-refractivity contribution >= 4 is 11.6 Å². The van der Waals surface area contributed by atoms with Crippen LogP contribution in [0.5, 0.6) is 11.6 Å². The highest BCUT2D eigenvalue weighted by molar-refractivity contribution is 6.17. The molecule has 0 unspecified atom stereocenters. The molecule has 0 radical (unpaired) electrons. The lowest BCUT2D eigenvalue weighted by atomic mass is 9.92. The number of hydrogen-bond acceptors (Lipinski definition) is 2. The lowest BCUT2D eigenvalue weighted by Gasteiger charge is -2.17. The quantitative estimate of drug-likeness (QED) is 0.795. The zero-order valence-electron chi connectivity index (χ0n) is 11.9. The molecule has 0 bridgehead atoms. The van der Waals surface area contributed by atoms with E-state index in [1.807, 2.05) is 20.0 Å². The summed E-state index contributed by atoms with van der Waals surface area (Å²) in [5, 5.41) is 4.37. The number of ether oxygens (including phenoxy) is 1. The molecule has 0 atom stereocenters. The van der Waals surface area contributed by atoms with Gasteiger partial charge in [-0.15, -0.1) is 11.6 Å². The van der Waals surface area contributed by atoms with Crippen LogP contribution in [-0.2, 0) is 25.8 Å². The van der Waals surface area contributed by atoms with E-state index < -0.39 is 0 Å². The van der Waals surface area contributed by atoms with Crippen molar-refractivity contribution in [2.24, 2.45) is 7.05 Å². The zero-order valence-corrected chi connectivity index (χ0v) is 12.7. The van der Waals surface area contributed by atoms with Gasteiger partial charge in [0.25, 0.3) is 0 Å². The zero-order chi connectivity index (χ0) is 14.1. The number of fused-ring (bicyclic) bond motifs is 1. The molecule has 1 aromatic carbocycles. The molecule has 3 rings (SSSR count). The van der Waals surface area contributed by atoms with E-state index in [1.165, 1.54) is 30.4 Å². The number of aromatic nitrogens is 2. The molecule has 1 aliphatic carbocycles. The molecular formula is C16H19ClN2O. The minimum absolute atomic E-state index is 0.417. The number of nitrogens with zero attached hydrogens (tertiary/aromatic N) is 2. The van der Waals surface area contributed by atoms with Gasteiger partial charge in [-0.3, -0.25) is 0 Å². The second-order valence-electron chi connectivity index (χ2n) is 5.37. The van der Waals surface area contributed by atoms with Crippen molar-refractivity contribution in [3.05, 3.63) is 40.6 Å². The van der Waals surface area contributed by atoms with Crippen LogP contribution < -0.4 is 4.74 Å². The van der Waals surface area contributed by atoms with Gasteiger partial charge < -0.3 is 4.74 Å². The molecule has 0 amide bonds. The molecule has 0 saturated heterocycles. The molecule has 2 aromatic rings. The second kappa shape index (κ2) is 5.49. The summed E-state index contributed by atoms with van der Waals surface area (Å²) in [6.07, 6.45) is 4.91. The first kappa shape index (κ1) is 13.5. The molecule has 1 aliphatic rings. The molecule has 0 saturated carbocycles. The van der Waals surface area contributed by atoms with Crippen LogP contribution in [0.3, 0.4) is 0 Å². The Morgan fingerprint density at radius 2 is 2.00 bits per heavy atom. The van der Waals surface area contributed by atoms with E-state index in [9.17, 15) is 0 Å². The number of halogens is 1. The topological polar surface area (TPSA) is 27.1 Å². The molecule has 0 spiro atoms. The van der Waals surface area contributed by atoms with Crippen LogP contribution in [0.15, 0.2) is 18.2 Å². The van der Waals surface area contributed by atoms with Crippen molar-refractivity contribution < 1.29 is 4.74 Å².